The summed E-state index contributed by atoms with van der Waals surface area (Å²) in [5, 5.41) is 11.4. The van der Waals surface area contributed by atoms with Gasteiger partial charge in [0.05, 0.1) is 12.1 Å². The molecule has 0 bridgehead atoms. The SMILES string of the molecule is COC1CCc2ccccc2C1NC(=O)O. The minimum Gasteiger partial charge on any atom is -0.465 e. The first kappa shape index (κ1) is 11.0. The first-order valence-corrected chi connectivity index (χ1v) is 5.32. The van der Waals surface area contributed by atoms with Crippen molar-refractivity contribution in [1.29, 1.82) is 0 Å². The normalized spacial score (nSPS) is 23.6. The number of aryl methyl sites for hydroxylation is 1. The molecule has 0 saturated heterocycles. The van der Waals surface area contributed by atoms with E-state index in [0.717, 1.165) is 18.4 Å². The highest BCUT2D eigenvalue weighted by atomic mass is 16.5. The van der Waals surface area contributed by atoms with E-state index in [1.54, 1.807) is 7.11 Å². The molecule has 2 unspecified atom stereocenters. The molecule has 1 aromatic carbocycles. The van der Waals surface area contributed by atoms with Gasteiger partial charge in [0.25, 0.3) is 0 Å². The van der Waals surface area contributed by atoms with Gasteiger partial charge in [0.15, 0.2) is 0 Å². The van der Waals surface area contributed by atoms with Crippen LogP contribution in [0.15, 0.2) is 24.3 Å². The Balaban J connectivity index is 2.32. The first-order chi connectivity index (χ1) is 7.72. The average Bonchev–Trinajstić information content (AvgIpc) is 2.29. The summed E-state index contributed by atoms with van der Waals surface area (Å²) in [6, 6.07) is 7.64. The van der Waals surface area contributed by atoms with Crippen LogP contribution in [0, 0.1) is 0 Å². The van der Waals surface area contributed by atoms with Crippen LogP contribution in [-0.4, -0.2) is 24.4 Å². The third-order valence-electron chi connectivity index (χ3n) is 3.04. The number of rotatable bonds is 2. The van der Waals surface area contributed by atoms with Crippen molar-refractivity contribution >= 4 is 6.09 Å². The summed E-state index contributed by atoms with van der Waals surface area (Å²) in [4.78, 5) is 10.8. The molecule has 2 N–H and O–H groups in total. The molecule has 4 heteroatoms. The predicted octanol–water partition coefficient (Wildman–Crippen LogP) is 1.96. The lowest BCUT2D eigenvalue weighted by Gasteiger charge is -2.32. The number of fused-ring (bicyclic) bond motifs is 1. The van der Waals surface area contributed by atoms with Crippen molar-refractivity contribution in [3.05, 3.63) is 35.4 Å². The highest BCUT2D eigenvalue weighted by Gasteiger charge is 2.30. The van der Waals surface area contributed by atoms with Crippen LogP contribution in [0.25, 0.3) is 0 Å². The average molecular weight is 221 g/mol. The second-order valence-corrected chi connectivity index (χ2v) is 3.94. The molecule has 1 aliphatic carbocycles. The Bertz CT molecular complexity index is 392. The Labute approximate surface area is 94.2 Å². The van der Waals surface area contributed by atoms with Gasteiger partial charge in [-0.3, -0.25) is 0 Å². The molecule has 2 atom stereocenters. The molecule has 0 saturated carbocycles. The molecular formula is C12H15NO3. The number of nitrogens with one attached hydrogen (secondary N) is 1. The molecule has 1 aliphatic rings. The zero-order chi connectivity index (χ0) is 11.5. The number of benzene rings is 1. The Morgan fingerprint density at radius 2 is 2.25 bits per heavy atom. The van der Waals surface area contributed by atoms with Gasteiger partial charge in [-0.05, 0) is 24.0 Å². The van der Waals surface area contributed by atoms with Crippen molar-refractivity contribution in [3.63, 3.8) is 0 Å². The lowest BCUT2D eigenvalue weighted by Crippen LogP contribution is -2.39. The van der Waals surface area contributed by atoms with E-state index in [1.807, 2.05) is 24.3 Å². The van der Waals surface area contributed by atoms with Crippen LogP contribution in [0.3, 0.4) is 0 Å². The van der Waals surface area contributed by atoms with Crippen molar-refractivity contribution in [2.75, 3.05) is 7.11 Å². The number of amides is 1. The number of hydrogen-bond acceptors (Lipinski definition) is 2. The number of ether oxygens (including phenoxy) is 1. The van der Waals surface area contributed by atoms with E-state index >= 15 is 0 Å². The highest BCUT2D eigenvalue weighted by Crippen LogP contribution is 2.31. The van der Waals surface area contributed by atoms with Crippen molar-refractivity contribution in [1.82, 2.24) is 5.32 Å². The smallest absolute Gasteiger partial charge is 0.405 e. The topological polar surface area (TPSA) is 58.6 Å². The molecule has 86 valence electrons. The minimum absolute atomic E-state index is 0.0778. The third-order valence-corrected chi connectivity index (χ3v) is 3.04. The fourth-order valence-corrected chi connectivity index (χ4v) is 2.29. The molecule has 1 amide bonds. The van der Waals surface area contributed by atoms with Gasteiger partial charge in [-0.15, -0.1) is 0 Å². The first-order valence-electron chi connectivity index (χ1n) is 5.32. The molecule has 1 aromatic rings. The van der Waals surface area contributed by atoms with E-state index in [4.69, 9.17) is 9.84 Å². The summed E-state index contributed by atoms with van der Waals surface area (Å²) in [5.41, 5.74) is 2.23. The minimum atomic E-state index is -1.01. The van der Waals surface area contributed by atoms with E-state index in [2.05, 4.69) is 5.32 Å². The molecule has 0 aromatic heterocycles. The Morgan fingerprint density at radius 3 is 2.94 bits per heavy atom. The van der Waals surface area contributed by atoms with Crippen LogP contribution >= 0.6 is 0 Å². The van der Waals surface area contributed by atoms with E-state index in [1.165, 1.54) is 5.56 Å². The summed E-state index contributed by atoms with van der Waals surface area (Å²) in [6.07, 6.45) is 0.694. The van der Waals surface area contributed by atoms with Crippen LogP contribution < -0.4 is 5.32 Å². The molecule has 0 spiro atoms. The van der Waals surface area contributed by atoms with Gasteiger partial charge >= 0.3 is 6.09 Å². The Kier molecular flexibility index (Phi) is 3.10. The van der Waals surface area contributed by atoms with Crippen LogP contribution in [-0.2, 0) is 11.2 Å². The standard InChI is InChI=1S/C12H15NO3/c1-16-10-7-6-8-4-2-3-5-9(8)11(10)13-12(14)15/h2-5,10-11,13H,6-7H2,1H3,(H,14,15). The van der Waals surface area contributed by atoms with Crippen LogP contribution in [0.1, 0.15) is 23.6 Å². The van der Waals surface area contributed by atoms with Crippen LogP contribution in [0.2, 0.25) is 0 Å². The molecule has 0 aliphatic heterocycles. The highest BCUT2D eigenvalue weighted by molar-refractivity contribution is 5.65. The lowest BCUT2D eigenvalue weighted by molar-refractivity contribution is 0.0552. The van der Waals surface area contributed by atoms with E-state index < -0.39 is 6.09 Å². The van der Waals surface area contributed by atoms with Gasteiger partial charge in [-0.1, -0.05) is 24.3 Å². The Hall–Kier alpha value is -1.55. The van der Waals surface area contributed by atoms with Gasteiger partial charge in [-0.2, -0.15) is 0 Å². The maximum Gasteiger partial charge on any atom is 0.405 e. The number of carboxylic acid groups (broad SMARTS) is 1. The van der Waals surface area contributed by atoms with Gasteiger partial charge in [0.2, 0.25) is 0 Å². The number of hydrogen-bond donors (Lipinski definition) is 2. The van der Waals surface area contributed by atoms with Gasteiger partial charge in [-0.25, -0.2) is 4.79 Å². The van der Waals surface area contributed by atoms with Crippen LogP contribution in [0.4, 0.5) is 4.79 Å². The zero-order valence-electron chi connectivity index (χ0n) is 9.14. The van der Waals surface area contributed by atoms with Crippen LogP contribution in [0.5, 0.6) is 0 Å². The van der Waals surface area contributed by atoms with E-state index in [-0.39, 0.29) is 12.1 Å². The fraction of sp³-hybridized carbons (Fsp3) is 0.417. The lowest BCUT2D eigenvalue weighted by atomic mass is 9.85. The van der Waals surface area contributed by atoms with Gasteiger partial charge in [0.1, 0.15) is 0 Å². The molecule has 0 heterocycles. The summed E-state index contributed by atoms with van der Waals surface area (Å²) < 4.78 is 5.34. The molecule has 16 heavy (non-hydrogen) atoms. The molecule has 0 fully saturated rings. The summed E-state index contributed by atoms with van der Waals surface area (Å²) in [5.74, 6) is 0. The zero-order valence-corrected chi connectivity index (χ0v) is 9.14. The Morgan fingerprint density at radius 1 is 1.50 bits per heavy atom. The quantitative estimate of drug-likeness (QED) is 0.802. The van der Waals surface area contributed by atoms with E-state index in [0.29, 0.717) is 0 Å². The number of methoxy groups -OCH3 is 1. The van der Waals surface area contributed by atoms with Gasteiger partial charge in [0, 0.05) is 7.11 Å². The molecular weight excluding hydrogens is 206 g/mol. The van der Waals surface area contributed by atoms with Gasteiger partial charge < -0.3 is 15.2 Å². The largest absolute Gasteiger partial charge is 0.465 e. The van der Waals surface area contributed by atoms with Crippen molar-refractivity contribution in [2.45, 2.75) is 25.0 Å². The molecule has 0 radical (unpaired) electrons. The van der Waals surface area contributed by atoms with Crippen molar-refractivity contribution in [3.8, 4) is 0 Å². The second-order valence-electron chi connectivity index (χ2n) is 3.94. The molecule has 4 nitrogen and oxygen atoms in total. The second kappa shape index (κ2) is 4.53. The summed E-state index contributed by atoms with van der Waals surface area (Å²) in [6.45, 7) is 0. The maximum atomic E-state index is 10.8. The summed E-state index contributed by atoms with van der Waals surface area (Å²) >= 11 is 0. The molecule has 2 rings (SSSR count). The van der Waals surface area contributed by atoms with Crippen molar-refractivity contribution in [2.24, 2.45) is 0 Å². The maximum absolute atomic E-state index is 10.8. The third kappa shape index (κ3) is 2.02. The fourth-order valence-electron chi connectivity index (χ4n) is 2.29. The monoisotopic (exact) mass is 221 g/mol. The summed E-state index contributed by atoms with van der Waals surface area (Å²) in [7, 11) is 1.62. The number of carbonyl (C=O) groups is 1. The predicted molar refractivity (Wildman–Crippen MR) is 59.5 cm³/mol. The van der Waals surface area contributed by atoms with E-state index in [9.17, 15) is 4.79 Å². The van der Waals surface area contributed by atoms with Crippen molar-refractivity contribution < 1.29 is 14.6 Å².